The largest absolute Gasteiger partial charge is 0.342 e. The van der Waals surface area contributed by atoms with Crippen LogP contribution < -0.4 is 5.32 Å². The fraction of sp³-hybridized carbons (Fsp3) is 0.200. The number of fused-ring (bicyclic) bond motifs is 1. The molecule has 1 heterocycles. The van der Waals surface area contributed by atoms with Gasteiger partial charge in [0.1, 0.15) is 5.82 Å². The van der Waals surface area contributed by atoms with Crippen molar-refractivity contribution in [1.29, 1.82) is 0 Å². The van der Waals surface area contributed by atoms with Crippen LogP contribution in [0.15, 0.2) is 72.8 Å². The lowest BCUT2D eigenvalue weighted by Crippen LogP contribution is -2.33. The molecule has 3 aromatic carbocycles. The molecule has 1 amide bonds. The maximum Gasteiger partial charge on any atom is 0.251 e. The number of benzene rings is 3. The van der Waals surface area contributed by atoms with E-state index in [0.717, 1.165) is 22.4 Å². The molecule has 4 rings (SSSR count). The molecule has 0 fully saturated rings. The number of carbonyl (C=O) groups excluding carboxylic acids is 1. The van der Waals surface area contributed by atoms with Crippen molar-refractivity contribution in [3.05, 3.63) is 99.8 Å². The van der Waals surface area contributed by atoms with Gasteiger partial charge in [-0.3, -0.25) is 4.79 Å². The Balaban J connectivity index is 1.76. The highest BCUT2D eigenvalue weighted by Gasteiger charge is 2.25. The van der Waals surface area contributed by atoms with Gasteiger partial charge in [0.2, 0.25) is 0 Å². The third-order valence-corrected chi connectivity index (χ3v) is 6.02. The molecular formula is C25H23Cl2N3O. The summed E-state index contributed by atoms with van der Waals surface area (Å²) in [5.41, 5.74) is 3.52. The Morgan fingerprint density at radius 2 is 1.68 bits per heavy atom. The summed E-state index contributed by atoms with van der Waals surface area (Å²) in [7, 11) is 0. The predicted molar refractivity (Wildman–Crippen MR) is 127 cm³/mol. The van der Waals surface area contributed by atoms with E-state index in [1.807, 2.05) is 66.7 Å². The van der Waals surface area contributed by atoms with Gasteiger partial charge in [-0.2, -0.15) is 0 Å². The number of nitrogens with zero attached hydrogens (tertiary/aromatic N) is 2. The van der Waals surface area contributed by atoms with Gasteiger partial charge in [-0.1, -0.05) is 73.4 Å². The summed E-state index contributed by atoms with van der Waals surface area (Å²) in [6.45, 7) is 4.73. The molecule has 4 aromatic rings. The molecule has 0 aliphatic heterocycles. The number of hydrogen-bond donors (Lipinski definition) is 1. The average molecular weight is 452 g/mol. The van der Waals surface area contributed by atoms with Crippen LogP contribution in [-0.4, -0.2) is 15.5 Å². The second-order valence-corrected chi connectivity index (χ2v) is 8.67. The van der Waals surface area contributed by atoms with Crippen molar-refractivity contribution >= 4 is 40.1 Å². The van der Waals surface area contributed by atoms with E-state index in [0.29, 0.717) is 22.2 Å². The lowest BCUT2D eigenvalue weighted by atomic mass is 10.0. The summed E-state index contributed by atoms with van der Waals surface area (Å²) < 4.78 is 2.14. The summed E-state index contributed by atoms with van der Waals surface area (Å²) in [4.78, 5) is 17.8. The number of halogens is 2. The van der Waals surface area contributed by atoms with Crippen LogP contribution >= 0.6 is 23.2 Å². The van der Waals surface area contributed by atoms with E-state index in [1.54, 1.807) is 6.07 Å². The van der Waals surface area contributed by atoms with Crippen molar-refractivity contribution in [2.75, 3.05) is 0 Å². The molecule has 0 saturated heterocycles. The maximum atomic E-state index is 12.9. The quantitative estimate of drug-likeness (QED) is 0.362. The van der Waals surface area contributed by atoms with Crippen LogP contribution in [-0.2, 0) is 6.54 Å². The monoisotopic (exact) mass is 451 g/mol. The molecule has 4 nitrogen and oxygen atoms in total. The van der Waals surface area contributed by atoms with Crippen molar-refractivity contribution in [3.63, 3.8) is 0 Å². The summed E-state index contributed by atoms with van der Waals surface area (Å²) in [6.07, 6.45) is 0. The van der Waals surface area contributed by atoms with E-state index in [-0.39, 0.29) is 17.9 Å². The summed E-state index contributed by atoms with van der Waals surface area (Å²) >= 11 is 12.3. The summed E-state index contributed by atoms with van der Waals surface area (Å²) in [5.74, 6) is 0.830. The van der Waals surface area contributed by atoms with E-state index >= 15 is 0 Å². The molecule has 0 radical (unpaired) electrons. The molecule has 0 unspecified atom stereocenters. The van der Waals surface area contributed by atoms with E-state index in [1.165, 1.54) is 0 Å². The van der Waals surface area contributed by atoms with Crippen LogP contribution in [0.1, 0.15) is 41.6 Å². The van der Waals surface area contributed by atoms with Gasteiger partial charge in [0, 0.05) is 12.1 Å². The highest BCUT2D eigenvalue weighted by molar-refractivity contribution is 6.42. The van der Waals surface area contributed by atoms with Crippen LogP contribution in [0.2, 0.25) is 10.0 Å². The lowest BCUT2D eigenvalue weighted by Gasteiger charge is -2.23. The van der Waals surface area contributed by atoms with Gasteiger partial charge in [-0.05, 0) is 47.9 Å². The SMILES string of the molecule is CC(C)[C@H](NC(=O)c1ccccc1)c1nc2ccccc2n1Cc1ccc(Cl)c(Cl)c1. The molecule has 0 saturated carbocycles. The van der Waals surface area contributed by atoms with Gasteiger partial charge >= 0.3 is 0 Å². The first-order valence-corrected chi connectivity index (χ1v) is 10.9. The first kappa shape index (κ1) is 21.4. The Labute approximate surface area is 191 Å². The highest BCUT2D eigenvalue weighted by atomic mass is 35.5. The standard InChI is InChI=1S/C25H23Cl2N3O/c1-16(2)23(29-25(31)18-8-4-3-5-9-18)24-28-21-10-6-7-11-22(21)30(24)15-17-12-13-19(26)20(27)14-17/h3-14,16,23H,15H2,1-2H3,(H,29,31)/t23-/m0/s1. The van der Waals surface area contributed by atoms with Crippen LogP contribution in [0.3, 0.4) is 0 Å². The van der Waals surface area contributed by atoms with Gasteiger partial charge < -0.3 is 9.88 Å². The Kier molecular flexibility index (Phi) is 6.30. The zero-order valence-corrected chi connectivity index (χ0v) is 18.9. The van der Waals surface area contributed by atoms with E-state index in [9.17, 15) is 4.79 Å². The van der Waals surface area contributed by atoms with Crippen molar-refractivity contribution in [2.45, 2.75) is 26.4 Å². The predicted octanol–water partition coefficient (Wildman–Crippen LogP) is 6.52. The molecule has 1 aromatic heterocycles. The van der Waals surface area contributed by atoms with Crippen LogP contribution in [0.5, 0.6) is 0 Å². The number of para-hydroxylation sites is 2. The van der Waals surface area contributed by atoms with Crippen LogP contribution in [0.25, 0.3) is 11.0 Å². The minimum Gasteiger partial charge on any atom is -0.342 e. The number of hydrogen-bond acceptors (Lipinski definition) is 2. The molecular weight excluding hydrogens is 429 g/mol. The topological polar surface area (TPSA) is 46.9 Å². The van der Waals surface area contributed by atoms with Gasteiger partial charge in [0.25, 0.3) is 5.91 Å². The van der Waals surface area contributed by atoms with Gasteiger partial charge in [-0.15, -0.1) is 0 Å². The van der Waals surface area contributed by atoms with Gasteiger partial charge in [0.05, 0.1) is 27.1 Å². The Morgan fingerprint density at radius 3 is 2.39 bits per heavy atom. The Bertz CT molecular complexity index is 1220. The van der Waals surface area contributed by atoms with Crippen molar-refractivity contribution in [2.24, 2.45) is 5.92 Å². The van der Waals surface area contributed by atoms with E-state index in [2.05, 4.69) is 23.7 Å². The molecule has 1 atom stereocenters. The molecule has 0 aliphatic rings. The second-order valence-electron chi connectivity index (χ2n) is 7.85. The fourth-order valence-corrected chi connectivity index (χ4v) is 3.98. The maximum absolute atomic E-state index is 12.9. The molecule has 0 aliphatic carbocycles. The molecule has 0 bridgehead atoms. The highest BCUT2D eigenvalue weighted by Crippen LogP contribution is 2.29. The first-order chi connectivity index (χ1) is 14.9. The van der Waals surface area contributed by atoms with E-state index < -0.39 is 0 Å². The van der Waals surface area contributed by atoms with Crippen molar-refractivity contribution in [3.8, 4) is 0 Å². The van der Waals surface area contributed by atoms with Gasteiger partial charge in [0.15, 0.2) is 0 Å². The zero-order valence-electron chi connectivity index (χ0n) is 17.3. The van der Waals surface area contributed by atoms with E-state index in [4.69, 9.17) is 28.2 Å². The first-order valence-electron chi connectivity index (χ1n) is 10.2. The normalized spacial score (nSPS) is 12.3. The summed E-state index contributed by atoms with van der Waals surface area (Å²) in [6, 6.07) is 22.6. The zero-order chi connectivity index (χ0) is 22.0. The third-order valence-electron chi connectivity index (χ3n) is 5.28. The number of carbonyl (C=O) groups is 1. The molecule has 0 spiro atoms. The Morgan fingerprint density at radius 1 is 0.968 bits per heavy atom. The number of nitrogens with one attached hydrogen (secondary N) is 1. The number of imidazole rings is 1. The van der Waals surface area contributed by atoms with Crippen LogP contribution in [0, 0.1) is 5.92 Å². The third kappa shape index (κ3) is 4.60. The minimum atomic E-state index is -0.261. The van der Waals surface area contributed by atoms with Crippen molar-refractivity contribution < 1.29 is 4.79 Å². The number of amides is 1. The second kappa shape index (κ2) is 9.13. The molecule has 1 N–H and O–H groups in total. The lowest BCUT2D eigenvalue weighted by molar-refractivity contribution is 0.0922. The molecule has 158 valence electrons. The van der Waals surface area contributed by atoms with Crippen LogP contribution in [0.4, 0.5) is 0 Å². The summed E-state index contributed by atoms with van der Waals surface area (Å²) in [5, 5.41) is 4.23. The van der Waals surface area contributed by atoms with Gasteiger partial charge in [-0.25, -0.2) is 4.98 Å². The minimum absolute atomic E-state index is 0.118. The van der Waals surface area contributed by atoms with Crippen molar-refractivity contribution in [1.82, 2.24) is 14.9 Å². The number of aromatic nitrogens is 2. The Hall–Kier alpha value is -2.82. The fourth-order valence-electron chi connectivity index (χ4n) is 3.66. The smallest absolute Gasteiger partial charge is 0.251 e. The molecule has 6 heteroatoms. The average Bonchev–Trinajstić information content (AvgIpc) is 3.13. The molecule has 31 heavy (non-hydrogen) atoms. The number of rotatable bonds is 6.